The minimum absolute atomic E-state index is 0.299. The van der Waals surface area contributed by atoms with Gasteiger partial charge in [0.2, 0.25) is 0 Å². The molecule has 0 saturated carbocycles. The van der Waals surface area contributed by atoms with Crippen LogP contribution >= 0.6 is 0 Å². The third-order valence-corrected chi connectivity index (χ3v) is 4.08. The number of hydrogen-bond acceptors (Lipinski definition) is 5. The molecule has 1 aromatic rings. The Morgan fingerprint density at radius 2 is 1.96 bits per heavy atom. The highest BCUT2D eigenvalue weighted by Crippen LogP contribution is 2.22. The van der Waals surface area contributed by atoms with Crippen LogP contribution in [0.1, 0.15) is 33.3 Å². The van der Waals surface area contributed by atoms with E-state index in [0.717, 1.165) is 5.56 Å². The maximum absolute atomic E-state index is 12.5. The predicted octanol–water partition coefficient (Wildman–Crippen LogP) is 3.04. The van der Waals surface area contributed by atoms with Crippen LogP contribution in [0, 0.1) is 5.92 Å². The number of ether oxygens (including phenoxy) is 3. The number of hydrogen-bond donors (Lipinski definition) is 0. The molecule has 1 aliphatic heterocycles. The first-order valence-corrected chi connectivity index (χ1v) is 9.10. The quantitative estimate of drug-likeness (QED) is 0.753. The lowest BCUT2D eigenvalue weighted by molar-refractivity contribution is -0.157. The summed E-state index contributed by atoms with van der Waals surface area (Å²) < 4.78 is 16.5. The van der Waals surface area contributed by atoms with Crippen LogP contribution in [0.5, 0.6) is 0 Å². The Bertz CT molecular complexity index is 596. The van der Waals surface area contributed by atoms with Gasteiger partial charge in [0.05, 0.1) is 31.8 Å². The summed E-state index contributed by atoms with van der Waals surface area (Å²) >= 11 is 0. The maximum Gasteiger partial charge on any atom is 0.410 e. The number of nitrogens with zero attached hydrogens (tertiary/aromatic N) is 1. The lowest BCUT2D eigenvalue weighted by atomic mass is 9.93. The van der Waals surface area contributed by atoms with Crippen LogP contribution in [0.4, 0.5) is 4.79 Å². The van der Waals surface area contributed by atoms with Gasteiger partial charge in [0.1, 0.15) is 5.60 Å². The van der Waals surface area contributed by atoms with Crippen LogP contribution in [0.3, 0.4) is 0 Å². The average Bonchev–Trinajstić information content (AvgIpc) is 2.59. The molecule has 144 valence electrons. The number of amides is 1. The van der Waals surface area contributed by atoms with Gasteiger partial charge in [0.25, 0.3) is 0 Å². The predicted molar refractivity (Wildman–Crippen MR) is 97.8 cm³/mol. The van der Waals surface area contributed by atoms with Crippen molar-refractivity contribution in [3.05, 3.63) is 35.9 Å². The molecule has 1 saturated heterocycles. The molecule has 0 radical (unpaired) electrons. The first-order valence-electron chi connectivity index (χ1n) is 9.10. The zero-order valence-electron chi connectivity index (χ0n) is 16.1. The zero-order valence-corrected chi connectivity index (χ0v) is 16.1. The van der Waals surface area contributed by atoms with E-state index in [2.05, 4.69) is 0 Å². The summed E-state index contributed by atoms with van der Waals surface area (Å²) in [5, 5.41) is 0. The van der Waals surface area contributed by atoms with Crippen molar-refractivity contribution in [3.63, 3.8) is 0 Å². The summed E-state index contributed by atoms with van der Waals surface area (Å²) in [6, 6.07) is 9.75. The van der Waals surface area contributed by atoms with Crippen LogP contribution in [0.25, 0.3) is 0 Å². The normalized spacial score (nSPS) is 18.9. The van der Waals surface area contributed by atoms with Crippen molar-refractivity contribution < 1.29 is 23.8 Å². The van der Waals surface area contributed by atoms with E-state index in [4.69, 9.17) is 14.2 Å². The smallest absolute Gasteiger partial charge is 0.410 e. The Labute approximate surface area is 155 Å². The second-order valence-electron chi connectivity index (χ2n) is 7.38. The van der Waals surface area contributed by atoms with E-state index < -0.39 is 17.6 Å². The molecule has 1 heterocycles. The molecular weight excluding hydrogens is 334 g/mol. The molecule has 0 spiro atoms. The topological polar surface area (TPSA) is 65.1 Å². The molecule has 0 aromatic heterocycles. The third-order valence-electron chi connectivity index (χ3n) is 4.08. The van der Waals surface area contributed by atoms with Gasteiger partial charge in [0, 0.05) is 6.54 Å². The van der Waals surface area contributed by atoms with Gasteiger partial charge in [0.15, 0.2) is 0 Å². The average molecular weight is 363 g/mol. The monoisotopic (exact) mass is 363 g/mol. The molecule has 6 heteroatoms. The molecule has 1 fully saturated rings. The van der Waals surface area contributed by atoms with Crippen LogP contribution < -0.4 is 0 Å². The van der Waals surface area contributed by atoms with E-state index in [-0.39, 0.29) is 12.1 Å². The molecule has 26 heavy (non-hydrogen) atoms. The largest absolute Gasteiger partial charge is 0.466 e. The minimum atomic E-state index is -0.560. The lowest BCUT2D eigenvalue weighted by Gasteiger charge is -2.36. The summed E-state index contributed by atoms with van der Waals surface area (Å²) in [6.45, 7) is 8.73. The highest BCUT2D eigenvalue weighted by Gasteiger charge is 2.36. The van der Waals surface area contributed by atoms with Crippen LogP contribution in [0.2, 0.25) is 0 Å². The van der Waals surface area contributed by atoms with Crippen molar-refractivity contribution in [2.24, 2.45) is 5.92 Å². The summed E-state index contributed by atoms with van der Waals surface area (Å²) in [5.41, 5.74) is 0.471. The molecule has 1 aromatic carbocycles. The number of morpholine rings is 1. The van der Waals surface area contributed by atoms with Crippen molar-refractivity contribution in [2.45, 2.75) is 45.8 Å². The van der Waals surface area contributed by atoms with Gasteiger partial charge in [-0.3, -0.25) is 4.79 Å². The Morgan fingerprint density at radius 3 is 2.58 bits per heavy atom. The molecule has 0 bridgehead atoms. The van der Waals surface area contributed by atoms with Crippen LogP contribution in [-0.4, -0.2) is 55.0 Å². The number of carbonyl (C=O) groups is 2. The maximum atomic E-state index is 12.5. The fourth-order valence-electron chi connectivity index (χ4n) is 2.90. The van der Waals surface area contributed by atoms with Gasteiger partial charge in [-0.05, 0) is 39.7 Å². The first kappa shape index (κ1) is 20.2. The summed E-state index contributed by atoms with van der Waals surface area (Å²) in [6.07, 6.45) is -0.296. The van der Waals surface area contributed by atoms with Crippen LogP contribution in [0.15, 0.2) is 30.3 Å². The molecule has 2 rings (SSSR count). The highest BCUT2D eigenvalue weighted by atomic mass is 16.6. The second-order valence-corrected chi connectivity index (χ2v) is 7.38. The Morgan fingerprint density at radius 1 is 1.27 bits per heavy atom. The molecular formula is C20H29NO5. The van der Waals surface area contributed by atoms with Gasteiger partial charge in [-0.15, -0.1) is 0 Å². The zero-order chi connectivity index (χ0) is 19.2. The SMILES string of the molecule is CCOC(=O)C(Cc1ccccc1)C1CN(C(=O)OC(C)(C)C)CCO1. The van der Waals surface area contributed by atoms with Crippen molar-refractivity contribution >= 4 is 12.1 Å². The molecule has 1 amide bonds. The van der Waals surface area contributed by atoms with Gasteiger partial charge in [-0.25, -0.2) is 4.79 Å². The highest BCUT2D eigenvalue weighted by molar-refractivity contribution is 5.74. The van der Waals surface area contributed by atoms with Crippen molar-refractivity contribution in [1.29, 1.82) is 0 Å². The number of rotatable bonds is 5. The summed E-state index contributed by atoms with van der Waals surface area (Å²) in [5.74, 6) is -0.769. The molecule has 0 aliphatic carbocycles. The summed E-state index contributed by atoms with van der Waals surface area (Å²) in [7, 11) is 0. The van der Waals surface area contributed by atoms with E-state index in [0.29, 0.717) is 32.7 Å². The Balaban J connectivity index is 2.10. The standard InChI is InChI=1S/C20H29NO5/c1-5-24-18(22)16(13-15-9-7-6-8-10-15)17-14-21(11-12-25-17)19(23)26-20(2,3)4/h6-10,16-17H,5,11-14H2,1-4H3. The van der Waals surface area contributed by atoms with Gasteiger partial charge < -0.3 is 19.1 Å². The fourth-order valence-corrected chi connectivity index (χ4v) is 2.90. The summed E-state index contributed by atoms with van der Waals surface area (Å²) in [4.78, 5) is 26.5. The lowest BCUT2D eigenvalue weighted by Crippen LogP contribution is -2.51. The van der Waals surface area contributed by atoms with Crippen molar-refractivity contribution in [2.75, 3.05) is 26.3 Å². The van der Waals surface area contributed by atoms with Crippen LogP contribution in [-0.2, 0) is 25.4 Å². The molecule has 2 atom stereocenters. The Kier molecular flexibility index (Phi) is 7.03. The third kappa shape index (κ3) is 6.02. The molecule has 6 nitrogen and oxygen atoms in total. The van der Waals surface area contributed by atoms with E-state index >= 15 is 0 Å². The first-order chi connectivity index (χ1) is 12.3. The van der Waals surface area contributed by atoms with E-state index in [1.165, 1.54) is 0 Å². The molecule has 1 aliphatic rings. The van der Waals surface area contributed by atoms with E-state index in [1.54, 1.807) is 11.8 Å². The Hall–Kier alpha value is -2.08. The number of carbonyl (C=O) groups excluding carboxylic acids is 2. The van der Waals surface area contributed by atoms with Gasteiger partial charge in [-0.1, -0.05) is 30.3 Å². The van der Waals surface area contributed by atoms with Crippen molar-refractivity contribution in [1.82, 2.24) is 4.90 Å². The minimum Gasteiger partial charge on any atom is -0.466 e. The number of esters is 1. The van der Waals surface area contributed by atoms with Crippen molar-refractivity contribution in [3.8, 4) is 0 Å². The second kappa shape index (κ2) is 9.03. The van der Waals surface area contributed by atoms with Gasteiger partial charge >= 0.3 is 12.1 Å². The van der Waals surface area contributed by atoms with E-state index in [1.807, 2.05) is 51.1 Å². The molecule has 0 N–H and O–H groups in total. The van der Waals surface area contributed by atoms with E-state index in [9.17, 15) is 9.59 Å². The molecule has 2 unspecified atom stereocenters. The van der Waals surface area contributed by atoms with Gasteiger partial charge in [-0.2, -0.15) is 0 Å². The number of benzene rings is 1. The fraction of sp³-hybridized carbons (Fsp3) is 0.600.